The Morgan fingerprint density at radius 3 is 2.59 bits per heavy atom. The third-order valence-corrected chi connectivity index (χ3v) is 7.94. The van der Waals surface area contributed by atoms with Crippen molar-refractivity contribution in [1.82, 2.24) is 29.2 Å². The van der Waals surface area contributed by atoms with E-state index in [0.717, 1.165) is 59.2 Å². The fourth-order valence-corrected chi connectivity index (χ4v) is 5.59. The van der Waals surface area contributed by atoms with Crippen LogP contribution < -0.4 is 5.69 Å². The third-order valence-electron chi connectivity index (χ3n) is 7.94. The van der Waals surface area contributed by atoms with Crippen molar-refractivity contribution in [2.45, 2.75) is 50.9 Å². The molecule has 0 bridgehead atoms. The Hall–Kier alpha value is -3.14. The van der Waals surface area contributed by atoms with Crippen LogP contribution in [0, 0.1) is 0 Å². The molecule has 0 radical (unpaired) electrons. The second kappa shape index (κ2) is 10.3. The second-order valence-corrected chi connectivity index (χ2v) is 10.3. The average Bonchev–Trinajstić information content (AvgIpc) is 3.17. The molecule has 9 heteroatoms. The minimum absolute atomic E-state index is 0.0620. The van der Waals surface area contributed by atoms with Crippen LogP contribution in [0.1, 0.15) is 43.8 Å². The van der Waals surface area contributed by atoms with E-state index in [-0.39, 0.29) is 17.8 Å². The van der Waals surface area contributed by atoms with E-state index in [1.165, 1.54) is 32.4 Å². The number of benzene rings is 1. The van der Waals surface area contributed by atoms with Crippen LogP contribution >= 0.6 is 0 Å². The van der Waals surface area contributed by atoms with Crippen LogP contribution in [0.2, 0.25) is 0 Å². The molecule has 0 atom stereocenters. The third kappa shape index (κ3) is 4.67. The summed E-state index contributed by atoms with van der Waals surface area (Å²) in [6, 6.07) is 10.3. The highest BCUT2D eigenvalue weighted by molar-refractivity contribution is 6.02. The molecule has 4 aromatic rings. The number of imidazole rings is 1. The molecule has 2 fully saturated rings. The molecule has 6 rings (SSSR count). The van der Waals surface area contributed by atoms with Gasteiger partial charge >= 0.3 is 5.69 Å². The van der Waals surface area contributed by atoms with Gasteiger partial charge < -0.3 is 14.4 Å². The Morgan fingerprint density at radius 2 is 1.84 bits per heavy atom. The van der Waals surface area contributed by atoms with Gasteiger partial charge in [-0.25, -0.2) is 4.79 Å². The van der Waals surface area contributed by atoms with Gasteiger partial charge in [-0.1, -0.05) is 18.6 Å². The fourth-order valence-electron chi connectivity index (χ4n) is 5.59. The molecule has 2 aliphatic rings. The standard InChI is InChI=1S/C28H34N6O3/c1-32-27-26(34(28(32)35)22-15-23(16-22)36-2)24-14-19(7-9-25(24)30-31-27)20-6-8-21(29-17-20)18-37-13-12-33-10-4-3-5-11-33/h6-9,14,17,22-23H,3-5,10-13,15-16,18H2,1-2H3/t22-,23-. The summed E-state index contributed by atoms with van der Waals surface area (Å²) in [6.07, 6.45) is 7.68. The van der Waals surface area contributed by atoms with Crippen LogP contribution in [0.4, 0.5) is 0 Å². The lowest BCUT2D eigenvalue weighted by atomic mass is 9.89. The normalized spacial score (nSPS) is 20.5. The van der Waals surface area contributed by atoms with Crippen molar-refractivity contribution in [2.24, 2.45) is 7.05 Å². The largest absolute Gasteiger partial charge is 0.381 e. The van der Waals surface area contributed by atoms with Crippen LogP contribution in [-0.2, 0) is 23.1 Å². The van der Waals surface area contributed by atoms with E-state index in [1.807, 2.05) is 29.0 Å². The van der Waals surface area contributed by atoms with Gasteiger partial charge in [0.15, 0.2) is 5.65 Å². The highest BCUT2D eigenvalue weighted by Crippen LogP contribution is 2.37. The zero-order chi connectivity index (χ0) is 25.4. The van der Waals surface area contributed by atoms with Gasteiger partial charge in [-0.15, -0.1) is 10.2 Å². The summed E-state index contributed by atoms with van der Waals surface area (Å²) in [6.45, 7) is 4.61. The molecule has 0 unspecified atom stereocenters. The van der Waals surface area contributed by atoms with Gasteiger partial charge in [0.1, 0.15) is 5.52 Å². The zero-order valence-corrected chi connectivity index (χ0v) is 21.6. The number of aromatic nitrogens is 5. The van der Waals surface area contributed by atoms with E-state index in [0.29, 0.717) is 12.3 Å². The first-order valence-electron chi connectivity index (χ1n) is 13.3. The second-order valence-electron chi connectivity index (χ2n) is 10.3. The van der Waals surface area contributed by atoms with Crippen molar-refractivity contribution in [3.8, 4) is 11.1 Å². The molecule has 0 spiro atoms. The molecular weight excluding hydrogens is 468 g/mol. The first-order valence-corrected chi connectivity index (χ1v) is 13.3. The molecule has 0 N–H and O–H groups in total. The molecular formula is C28H34N6O3. The summed E-state index contributed by atoms with van der Waals surface area (Å²) in [7, 11) is 3.48. The van der Waals surface area contributed by atoms with Crippen LogP contribution in [0.5, 0.6) is 0 Å². The van der Waals surface area contributed by atoms with E-state index in [1.54, 1.807) is 18.7 Å². The summed E-state index contributed by atoms with van der Waals surface area (Å²) in [5.74, 6) is 0. The summed E-state index contributed by atoms with van der Waals surface area (Å²) in [5.41, 5.74) is 5.11. The SMILES string of the molecule is CO[C@H]1C[C@H](n2c(=O)n(C)c3nnc4ccc(-c5ccc(COCCN6CCCCC6)nc5)cc4c32)C1. The monoisotopic (exact) mass is 502 g/mol. The summed E-state index contributed by atoms with van der Waals surface area (Å²) >= 11 is 0. The first-order chi connectivity index (χ1) is 18.1. The number of methoxy groups -OCH3 is 1. The maximum Gasteiger partial charge on any atom is 0.330 e. The van der Waals surface area contributed by atoms with Crippen molar-refractivity contribution in [2.75, 3.05) is 33.4 Å². The lowest BCUT2D eigenvalue weighted by molar-refractivity contribution is 0.00635. The van der Waals surface area contributed by atoms with E-state index in [9.17, 15) is 4.79 Å². The van der Waals surface area contributed by atoms with Crippen molar-refractivity contribution >= 4 is 22.1 Å². The highest BCUT2D eigenvalue weighted by atomic mass is 16.5. The van der Waals surface area contributed by atoms with Crippen molar-refractivity contribution in [1.29, 1.82) is 0 Å². The Kier molecular flexibility index (Phi) is 6.75. The number of hydrogen-bond donors (Lipinski definition) is 0. The molecule has 3 aromatic heterocycles. The Morgan fingerprint density at radius 1 is 1.03 bits per heavy atom. The number of pyridine rings is 1. The number of aryl methyl sites for hydroxylation is 1. The Bertz CT molecular complexity index is 1450. The van der Waals surface area contributed by atoms with E-state index in [4.69, 9.17) is 9.47 Å². The quantitative estimate of drug-likeness (QED) is 0.340. The van der Waals surface area contributed by atoms with Crippen LogP contribution in [0.25, 0.3) is 33.2 Å². The number of piperidine rings is 1. The Labute approximate surface area is 216 Å². The van der Waals surface area contributed by atoms with Gasteiger partial charge in [-0.2, -0.15) is 0 Å². The molecule has 194 valence electrons. The number of nitrogens with zero attached hydrogens (tertiary/aromatic N) is 6. The van der Waals surface area contributed by atoms with E-state index < -0.39 is 0 Å². The molecule has 1 aliphatic heterocycles. The van der Waals surface area contributed by atoms with Crippen LogP contribution in [0.15, 0.2) is 41.3 Å². The minimum Gasteiger partial charge on any atom is -0.381 e. The lowest BCUT2D eigenvalue weighted by Gasteiger charge is -2.34. The molecule has 9 nitrogen and oxygen atoms in total. The number of rotatable bonds is 8. The highest BCUT2D eigenvalue weighted by Gasteiger charge is 2.34. The average molecular weight is 503 g/mol. The van der Waals surface area contributed by atoms with Crippen molar-refractivity contribution in [3.05, 3.63) is 52.7 Å². The predicted molar refractivity (Wildman–Crippen MR) is 143 cm³/mol. The Balaban J connectivity index is 1.23. The minimum atomic E-state index is -0.0620. The van der Waals surface area contributed by atoms with Crippen molar-refractivity contribution < 1.29 is 9.47 Å². The van der Waals surface area contributed by atoms with Gasteiger partial charge in [0.25, 0.3) is 0 Å². The van der Waals surface area contributed by atoms with Gasteiger partial charge in [-0.3, -0.25) is 14.1 Å². The molecule has 0 amide bonds. The van der Waals surface area contributed by atoms with Gasteiger partial charge in [0.2, 0.25) is 0 Å². The molecule has 1 saturated heterocycles. The summed E-state index contributed by atoms with van der Waals surface area (Å²) in [4.78, 5) is 20.3. The first kappa shape index (κ1) is 24.2. The fraction of sp³-hybridized carbons (Fsp3) is 0.500. The number of likely N-dealkylation sites (tertiary alicyclic amines) is 1. The number of ether oxygens (including phenoxy) is 2. The summed E-state index contributed by atoms with van der Waals surface area (Å²) in [5, 5.41) is 9.70. The molecule has 1 saturated carbocycles. The van der Waals surface area contributed by atoms with Gasteiger partial charge in [0.05, 0.1) is 30.5 Å². The predicted octanol–water partition coefficient (Wildman–Crippen LogP) is 3.70. The topological polar surface area (TPSA) is 87.3 Å². The number of hydrogen-bond acceptors (Lipinski definition) is 7. The molecule has 1 aromatic carbocycles. The number of fused-ring (bicyclic) bond motifs is 3. The summed E-state index contributed by atoms with van der Waals surface area (Å²) < 4.78 is 14.8. The maximum atomic E-state index is 13.1. The maximum absolute atomic E-state index is 13.1. The van der Waals surface area contributed by atoms with E-state index >= 15 is 0 Å². The van der Waals surface area contributed by atoms with Crippen molar-refractivity contribution in [3.63, 3.8) is 0 Å². The molecule has 37 heavy (non-hydrogen) atoms. The van der Waals surface area contributed by atoms with Gasteiger partial charge in [0, 0.05) is 43.9 Å². The lowest BCUT2D eigenvalue weighted by Crippen LogP contribution is -2.37. The van der Waals surface area contributed by atoms with E-state index in [2.05, 4.69) is 32.2 Å². The van der Waals surface area contributed by atoms with Crippen LogP contribution in [0.3, 0.4) is 0 Å². The smallest absolute Gasteiger partial charge is 0.330 e. The zero-order valence-electron chi connectivity index (χ0n) is 21.6. The molecule has 4 heterocycles. The van der Waals surface area contributed by atoms with Gasteiger partial charge in [-0.05, 0) is 62.5 Å². The molecule has 1 aliphatic carbocycles. The van der Waals surface area contributed by atoms with Crippen LogP contribution in [-0.4, -0.2) is 68.7 Å².